The minimum Gasteiger partial charge on any atom is -0.350 e. The van der Waals surface area contributed by atoms with Gasteiger partial charge in [-0.15, -0.1) is 0 Å². The Labute approximate surface area is 163 Å². The summed E-state index contributed by atoms with van der Waals surface area (Å²) >= 11 is 0. The lowest BCUT2D eigenvalue weighted by molar-refractivity contribution is -0.137. The summed E-state index contributed by atoms with van der Waals surface area (Å²) in [6.45, 7) is 6.86. The van der Waals surface area contributed by atoms with Crippen molar-refractivity contribution in [2.45, 2.75) is 43.8 Å². The normalized spacial score (nSPS) is 17.5. The molecule has 2 rings (SSSR count). The van der Waals surface area contributed by atoms with Crippen molar-refractivity contribution in [3.8, 4) is 0 Å². The van der Waals surface area contributed by atoms with Crippen LogP contribution in [0.4, 0.5) is 13.2 Å². The fraction of sp³-hybridized carbons (Fsp3) is 0.611. The SMILES string of the molecule is CCC(C)(C)NC(=O)CN1CCN(S(=O)(=O)c2cccc(C(F)(F)F)c2)CC1. The van der Waals surface area contributed by atoms with Crippen LogP contribution in [0.5, 0.6) is 0 Å². The fourth-order valence-electron chi connectivity index (χ4n) is 2.82. The summed E-state index contributed by atoms with van der Waals surface area (Å²) in [6, 6.07) is 3.75. The Morgan fingerprint density at radius 2 is 1.75 bits per heavy atom. The molecule has 1 amide bonds. The van der Waals surface area contributed by atoms with E-state index >= 15 is 0 Å². The first-order valence-corrected chi connectivity index (χ1v) is 10.5. The van der Waals surface area contributed by atoms with Crippen molar-refractivity contribution in [2.24, 2.45) is 0 Å². The van der Waals surface area contributed by atoms with Gasteiger partial charge in [0.15, 0.2) is 0 Å². The van der Waals surface area contributed by atoms with Crippen LogP contribution in [-0.2, 0) is 21.0 Å². The first-order chi connectivity index (χ1) is 12.8. The van der Waals surface area contributed by atoms with Crippen molar-refractivity contribution in [1.82, 2.24) is 14.5 Å². The number of hydrogen-bond donors (Lipinski definition) is 1. The van der Waals surface area contributed by atoms with Crippen molar-refractivity contribution in [1.29, 1.82) is 0 Å². The van der Waals surface area contributed by atoms with Crippen LogP contribution < -0.4 is 5.32 Å². The third-order valence-corrected chi connectivity index (χ3v) is 6.75. The Kier molecular flexibility index (Phi) is 6.78. The van der Waals surface area contributed by atoms with Crippen LogP contribution >= 0.6 is 0 Å². The molecule has 0 radical (unpaired) electrons. The maximum Gasteiger partial charge on any atom is 0.416 e. The van der Waals surface area contributed by atoms with Crippen molar-refractivity contribution < 1.29 is 26.4 Å². The molecule has 1 N–H and O–H groups in total. The second kappa shape index (κ2) is 8.38. The number of benzene rings is 1. The Hall–Kier alpha value is -1.65. The Balaban J connectivity index is 2.00. The molecule has 0 aliphatic carbocycles. The van der Waals surface area contributed by atoms with E-state index in [-0.39, 0.29) is 36.0 Å². The number of nitrogens with one attached hydrogen (secondary N) is 1. The van der Waals surface area contributed by atoms with Gasteiger partial charge in [-0.05, 0) is 38.5 Å². The molecule has 1 aliphatic heterocycles. The number of sulfonamides is 1. The van der Waals surface area contributed by atoms with E-state index in [9.17, 15) is 26.4 Å². The monoisotopic (exact) mass is 421 g/mol. The number of nitrogens with zero attached hydrogens (tertiary/aromatic N) is 2. The maximum atomic E-state index is 12.9. The summed E-state index contributed by atoms with van der Waals surface area (Å²) in [5.41, 5.74) is -1.31. The number of hydrogen-bond acceptors (Lipinski definition) is 4. The molecule has 0 aromatic heterocycles. The lowest BCUT2D eigenvalue weighted by Gasteiger charge is -2.34. The molecule has 6 nitrogen and oxygen atoms in total. The van der Waals surface area contributed by atoms with E-state index in [0.717, 1.165) is 28.9 Å². The molecule has 0 saturated carbocycles. The molecular formula is C18H26F3N3O3S. The van der Waals surface area contributed by atoms with Gasteiger partial charge in [-0.3, -0.25) is 9.69 Å². The van der Waals surface area contributed by atoms with Gasteiger partial charge in [-0.1, -0.05) is 13.0 Å². The molecule has 10 heteroatoms. The zero-order valence-electron chi connectivity index (χ0n) is 16.2. The van der Waals surface area contributed by atoms with Crippen molar-refractivity contribution in [3.05, 3.63) is 29.8 Å². The number of alkyl halides is 3. The minimum atomic E-state index is -4.61. The van der Waals surface area contributed by atoms with E-state index in [1.54, 1.807) is 0 Å². The van der Waals surface area contributed by atoms with Gasteiger partial charge in [0.25, 0.3) is 0 Å². The van der Waals surface area contributed by atoms with E-state index in [1.807, 2.05) is 25.7 Å². The van der Waals surface area contributed by atoms with E-state index < -0.39 is 21.8 Å². The minimum absolute atomic E-state index is 0.114. The Morgan fingerprint density at radius 1 is 1.14 bits per heavy atom. The number of piperazine rings is 1. The molecule has 0 atom stereocenters. The standard InChI is InChI=1S/C18H26F3N3O3S/c1-4-17(2,3)22-16(25)13-23-8-10-24(11-9-23)28(26,27)15-7-5-6-14(12-15)18(19,20)21/h5-7,12H,4,8-11,13H2,1-3H3,(H,22,25). The van der Waals surface area contributed by atoms with Gasteiger partial charge in [-0.25, -0.2) is 8.42 Å². The van der Waals surface area contributed by atoms with Crippen molar-refractivity contribution in [3.63, 3.8) is 0 Å². The highest BCUT2D eigenvalue weighted by molar-refractivity contribution is 7.89. The molecule has 0 unspecified atom stereocenters. The Bertz CT molecular complexity index is 802. The van der Waals surface area contributed by atoms with E-state index in [1.165, 1.54) is 0 Å². The van der Waals surface area contributed by atoms with Crippen LogP contribution in [0.3, 0.4) is 0 Å². The summed E-state index contributed by atoms with van der Waals surface area (Å²) in [6.07, 6.45) is -3.83. The van der Waals surface area contributed by atoms with Crippen LogP contribution in [0.2, 0.25) is 0 Å². The average Bonchev–Trinajstić information content (AvgIpc) is 2.61. The number of amides is 1. The van der Waals surface area contributed by atoms with Gasteiger partial charge in [0.05, 0.1) is 17.0 Å². The summed E-state index contributed by atoms with van der Waals surface area (Å²) in [4.78, 5) is 13.6. The summed E-state index contributed by atoms with van der Waals surface area (Å²) in [5, 5.41) is 2.92. The van der Waals surface area contributed by atoms with E-state index in [2.05, 4.69) is 5.32 Å². The van der Waals surface area contributed by atoms with Crippen LogP contribution in [0, 0.1) is 0 Å². The van der Waals surface area contributed by atoms with Gasteiger partial charge in [0, 0.05) is 31.7 Å². The predicted molar refractivity (Wildman–Crippen MR) is 99.2 cm³/mol. The highest BCUT2D eigenvalue weighted by atomic mass is 32.2. The smallest absolute Gasteiger partial charge is 0.350 e. The van der Waals surface area contributed by atoms with E-state index in [0.29, 0.717) is 19.2 Å². The van der Waals surface area contributed by atoms with Crippen molar-refractivity contribution in [2.75, 3.05) is 32.7 Å². The van der Waals surface area contributed by atoms with Crippen LogP contribution in [-0.4, -0.2) is 61.8 Å². The lowest BCUT2D eigenvalue weighted by Crippen LogP contribution is -2.53. The Morgan fingerprint density at radius 3 is 2.29 bits per heavy atom. The zero-order valence-corrected chi connectivity index (χ0v) is 17.0. The van der Waals surface area contributed by atoms with Gasteiger partial charge < -0.3 is 5.32 Å². The number of carbonyl (C=O) groups excluding carboxylic acids is 1. The number of halogens is 3. The number of carbonyl (C=O) groups is 1. The van der Waals surface area contributed by atoms with Crippen molar-refractivity contribution >= 4 is 15.9 Å². The molecule has 1 aromatic rings. The van der Waals surface area contributed by atoms with Crippen LogP contribution in [0.1, 0.15) is 32.8 Å². The maximum absolute atomic E-state index is 12.9. The highest BCUT2D eigenvalue weighted by Crippen LogP contribution is 2.31. The summed E-state index contributed by atoms with van der Waals surface area (Å²) in [5.74, 6) is -0.138. The van der Waals surface area contributed by atoms with Crippen LogP contribution in [0.25, 0.3) is 0 Å². The molecule has 1 saturated heterocycles. The second-order valence-corrected chi connectivity index (χ2v) is 9.43. The summed E-state index contributed by atoms with van der Waals surface area (Å²) < 4.78 is 65.1. The molecule has 28 heavy (non-hydrogen) atoms. The van der Waals surface area contributed by atoms with Gasteiger partial charge in [-0.2, -0.15) is 17.5 Å². The van der Waals surface area contributed by atoms with E-state index in [4.69, 9.17) is 0 Å². The van der Waals surface area contributed by atoms with Crippen LogP contribution in [0.15, 0.2) is 29.2 Å². The van der Waals surface area contributed by atoms with Gasteiger partial charge in [0.1, 0.15) is 0 Å². The van der Waals surface area contributed by atoms with Gasteiger partial charge >= 0.3 is 6.18 Å². The first-order valence-electron chi connectivity index (χ1n) is 9.06. The van der Waals surface area contributed by atoms with Gasteiger partial charge in [0.2, 0.25) is 15.9 Å². The molecule has 1 fully saturated rings. The second-order valence-electron chi connectivity index (χ2n) is 7.49. The molecule has 1 heterocycles. The molecule has 1 aliphatic rings. The third-order valence-electron chi connectivity index (χ3n) is 4.86. The lowest BCUT2D eigenvalue weighted by atomic mass is 10.0. The number of rotatable bonds is 6. The average molecular weight is 421 g/mol. The zero-order chi connectivity index (χ0) is 21.2. The fourth-order valence-corrected chi connectivity index (χ4v) is 4.29. The topological polar surface area (TPSA) is 69.7 Å². The highest BCUT2D eigenvalue weighted by Gasteiger charge is 2.34. The third kappa shape index (κ3) is 5.68. The largest absolute Gasteiger partial charge is 0.416 e. The molecular weight excluding hydrogens is 395 g/mol. The molecule has 0 spiro atoms. The quantitative estimate of drug-likeness (QED) is 0.766. The summed E-state index contributed by atoms with van der Waals surface area (Å²) in [7, 11) is -4.02. The molecule has 158 valence electrons. The molecule has 1 aromatic carbocycles. The first kappa shape index (κ1) is 22.6. The molecule has 0 bridgehead atoms. The predicted octanol–water partition coefficient (Wildman–Crippen LogP) is 2.32.